The standard InChI is InChI=1S/C11H13N/c1-12-10-6-5-9-11-7-3-2-4-8-11/h2-8,10H,9H2,1H3/b6-5-,12-10?. The van der Waals surface area contributed by atoms with Gasteiger partial charge in [0.05, 0.1) is 0 Å². The van der Waals surface area contributed by atoms with Gasteiger partial charge in [0.2, 0.25) is 0 Å². The van der Waals surface area contributed by atoms with Gasteiger partial charge in [-0.1, -0.05) is 36.4 Å². The van der Waals surface area contributed by atoms with Crippen molar-refractivity contribution in [2.45, 2.75) is 6.42 Å². The highest BCUT2D eigenvalue weighted by Crippen LogP contribution is 1.99. The molecule has 0 aliphatic heterocycles. The Morgan fingerprint density at radius 2 is 2.00 bits per heavy atom. The summed E-state index contributed by atoms with van der Waals surface area (Å²) < 4.78 is 0. The molecule has 0 aromatic heterocycles. The van der Waals surface area contributed by atoms with E-state index in [0.717, 1.165) is 6.42 Å². The highest BCUT2D eigenvalue weighted by Gasteiger charge is 1.83. The number of aliphatic imine (C=N–C) groups is 1. The van der Waals surface area contributed by atoms with E-state index in [0.29, 0.717) is 0 Å². The summed E-state index contributed by atoms with van der Waals surface area (Å²) in [6.45, 7) is 0. The van der Waals surface area contributed by atoms with Crippen LogP contribution in [0.2, 0.25) is 0 Å². The predicted octanol–water partition coefficient (Wildman–Crippen LogP) is 2.49. The first-order chi connectivity index (χ1) is 5.93. The molecular weight excluding hydrogens is 146 g/mol. The molecule has 1 nitrogen and oxygen atoms in total. The molecule has 1 aromatic carbocycles. The van der Waals surface area contributed by atoms with Crippen molar-refractivity contribution < 1.29 is 0 Å². The molecule has 0 heterocycles. The Bertz CT molecular complexity index is 260. The van der Waals surface area contributed by atoms with Gasteiger partial charge in [0.15, 0.2) is 0 Å². The summed E-state index contributed by atoms with van der Waals surface area (Å²) >= 11 is 0. The summed E-state index contributed by atoms with van der Waals surface area (Å²) in [4.78, 5) is 3.86. The second-order valence-corrected chi connectivity index (χ2v) is 2.53. The van der Waals surface area contributed by atoms with E-state index in [9.17, 15) is 0 Å². The van der Waals surface area contributed by atoms with Crippen LogP contribution in [0.15, 0.2) is 47.5 Å². The number of hydrogen-bond donors (Lipinski definition) is 0. The average molecular weight is 159 g/mol. The minimum Gasteiger partial charge on any atom is -0.297 e. The highest BCUT2D eigenvalue weighted by molar-refractivity contribution is 5.70. The third kappa shape index (κ3) is 3.15. The lowest BCUT2D eigenvalue weighted by atomic mass is 10.1. The molecule has 1 heteroatoms. The molecule has 0 saturated heterocycles. The Labute approximate surface area is 73.5 Å². The van der Waals surface area contributed by atoms with Crippen LogP contribution in [0.4, 0.5) is 0 Å². The van der Waals surface area contributed by atoms with Gasteiger partial charge in [-0.25, -0.2) is 0 Å². The van der Waals surface area contributed by atoms with Gasteiger partial charge >= 0.3 is 0 Å². The van der Waals surface area contributed by atoms with Gasteiger partial charge in [-0.2, -0.15) is 0 Å². The van der Waals surface area contributed by atoms with Crippen molar-refractivity contribution in [2.24, 2.45) is 4.99 Å². The summed E-state index contributed by atoms with van der Waals surface area (Å²) in [6.07, 6.45) is 6.84. The van der Waals surface area contributed by atoms with Gasteiger partial charge < -0.3 is 0 Å². The molecule has 0 aliphatic rings. The zero-order chi connectivity index (χ0) is 8.65. The summed E-state index contributed by atoms with van der Waals surface area (Å²) in [5.74, 6) is 0. The van der Waals surface area contributed by atoms with Gasteiger partial charge in [-0.3, -0.25) is 4.99 Å². The Balaban J connectivity index is 2.43. The number of nitrogens with zero attached hydrogens (tertiary/aromatic N) is 1. The summed E-state index contributed by atoms with van der Waals surface area (Å²) in [5, 5.41) is 0. The molecular formula is C11H13N. The zero-order valence-electron chi connectivity index (χ0n) is 7.27. The number of hydrogen-bond acceptors (Lipinski definition) is 1. The molecule has 62 valence electrons. The Morgan fingerprint density at radius 1 is 1.25 bits per heavy atom. The van der Waals surface area contributed by atoms with Crippen LogP contribution in [0.25, 0.3) is 0 Å². The van der Waals surface area contributed by atoms with Gasteiger partial charge in [-0.15, -0.1) is 0 Å². The molecule has 0 spiro atoms. The van der Waals surface area contributed by atoms with E-state index in [1.54, 1.807) is 13.3 Å². The maximum Gasteiger partial charge on any atom is 0.0277 e. The number of allylic oxidation sites excluding steroid dienone is 2. The molecule has 0 amide bonds. The third-order valence-electron chi connectivity index (χ3n) is 1.57. The van der Waals surface area contributed by atoms with Gasteiger partial charge in [0.1, 0.15) is 0 Å². The first-order valence-electron chi connectivity index (χ1n) is 4.04. The monoisotopic (exact) mass is 159 g/mol. The first-order valence-corrected chi connectivity index (χ1v) is 4.04. The normalized spacial score (nSPS) is 11.4. The summed E-state index contributed by atoms with van der Waals surface area (Å²) in [7, 11) is 1.77. The van der Waals surface area contributed by atoms with Crippen molar-refractivity contribution in [2.75, 3.05) is 7.05 Å². The topological polar surface area (TPSA) is 12.4 Å². The van der Waals surface area contributed by atoms with E-state index in [2.05, 4.69) is 35.3 Å². The fourth-order valence-electron chi connectivity index (χ4n) is 0.965. The number of benzene rings is 1. The van der Waals surface area contributed by atoms with Crippen molar-refractivity contribution in [3.63, 3.8) is 0 Å². The Kier molecular flexibility index (Phi) is 3.86. The lowest BCUT2D eigenvalue weighted by Crippen LogP contribution is -1.78. The maximum atomic E-state index is 3.86. The molecule has 0 aliphatic carbocycles. The lowest BCUT2D eigenvalue weighted by Gasteiger charge is -1.92. The molecule has 0 saturated carbocycles. The van der Waals surface area contributed by atoms with Crippen LogP contribution in [0.5, 0.6) is 0 Å². The van der Waals surface area contributed by atoms with E-state index in [1.807, 2.05) is 12.1 Å². The van der Waals surface area contributed by atoms with Gasteiger partial charge in [-0.05, 0) is 18.1 Å². The molecule has 12 heavy (non-hydrogen) atoms. The van der Waals surface area contributed by atoms with E-state index >= 15 is 0 Å². The lowest BCUT2D eigenvalue weighted by molar-refractivity contribution is 1.27. The van der Waals surface area contributed by atoms with Crippen LogP contribution in [0.3, 0.4) is 0 Å². The first kappa shape index (κ1) is 8.72. The van der Waals surface area contributed by atoms with Crippen LogP contribution in [0.1, 0.15) is 5.56 Å². The second kappa shape index (κ2) is 5.30. The van der Waals surface area contributed by atoms with Crippen molar-refractivity contribution >= 4 is 6.21 Å². The van der Waals surface area contributed by atoms with Crippen LogP contribution in [-0.2, 0) is 6.42 Å². The molecule has 0 radical (unpaired) electrons. The maximum absolute atomic E-state index is 3.86. The van der Waals surface area contributed by atoms with Gasteiger partial charge in [0.25, 0.3) is 0 Å². The Morgan fingerprint density at radius 3 is 2.67 bits per heavy atom. The van der Waals surface area contributed by atoms with Crippen molar-refractivity contribution in [1.29, 1.82) is 0 Å². The summed E-state index contributed by atoms with van der Waals surface area (Å²) in [6, 6.07) is 10.4. The van der Waals surface area contributed by atoms with Crippen LogP contribution >= 0.6 is 0 Å². The molecule has 0 atom stereocenters. The van der Waals surface area contributed by atoms with E-state index in [1.165, 1.54) is 5.56 Å². The van der Waals surface area contributed by atoms with Crippen LogP contribution in [-0.4, -0.2) is 13.3 Å². The minimum atomic E-state index is 0.979. The fourth-order valence-corrected chi connectivity index (χ4v) is 0.965. The molecule has 0 bridgehead atoms. The molecule has 0 fully saturated rings. The van der Waals surface area contributed by atoms with E-state index in [-0.39, 0.29) is 0 Å². The molecule has 1 aromatic rings. The molecule has 0 unspecified atom stereocenters. The Hall–Kier alpha value is -1.37. The second-order valence-electron chi connectivity index (χ2n) is 2.53. The minimum absolute atomic E-state index is 0.979. The van der Waals surface area contributed by atoms with E-state index < -0.39 is 0 Å². The SMILES string of the molecule is CN=C/C=C\Cc1ccccc1. The highest BCUT2D eigenvalue weighted by atomic mass is 14.6. The van der Waals surface area contributed by atoms with Gasteiger partial charge in [0, 0.05) is 13.3 Å². The zero-order valence-corrected chi connectivity index (χ0v) is 7.27. The van der Waals surface area contributed by atoms with Crippen molar-refractivity contribution in [3.05, 3.63) is 48.0 Å². The van der Waals surface area contributed by atoms with E-state index in [4.69, 9.17) is 0 Å². The smallest absolute Gasteiger partial charge is 0.0277 e. The van der Waals surface area contributed by atoms with Crippen molar-refractivity contribution in [3.8, 4) is 0 Å². The molecule has 0 N–H and O–H groups in total. The van der Waals surface area contributed by atoms with Crippen LogP contribution < -0.4 is 0 Å². The summed E-state index contributed by atoms with van der Waals surface area (Å²) in [5.41, 5.74) is 1.33. The fraction of sp³-hybridized carbons (Fsp3) is 0.182. The predicted molar refractivity (Wildman–Crippen MR) is 53.7 cm³/mol. The number of rotatable bonds is 3. The molecule has 1 rings (SSSR count). The quantitative estimate of drug-likeness (QED) is 0.601. The third-order valence-corrected chi connectivity index (χ3v) is 1.57. The largest absolute Gasteiger partial charge is 0.297 e. The van der Waals surface area contributed by atoms with Crippen molar-refractivity contribution in [1.82, 2.24) is 0 Å². The van der Waals surface area contributed by atoms with Crippen LogP contribution in [0, 0.1) is 0 Å². The average Bonchev–Trinajstić information content (AvgIpc) is 2.14.